The third-order valence-corrected chi connectivity index (χ3v) is 16.8. The summed E-state index contributed by atoms with van der Waals surface area (Å²) < 4.78 is 0. The zero-order valence-corrected chi connectivity index (χ0v) is 60.4. The summed E-state index contributed by atoms with van der Waals surface area (Å²) in [6, 6.07) is -21.1. The molecule has 38 nitrogen and oxygen atoms in total. The number of hydrogen-bond donors (Lipinski definition) is 20. The highest BCUT2D eigenvalue weighted by Crippen LogP contribution is 2.21. The van der Waals surface area contributed by atoms with Gasteiger partial charge in [-0.1, -0.05) is 79.6 Å². The second-order valence-corrected chi connectivity index (χ2v) is 26.3. The number of aliphatic hydroxyl groups excluding tert-OH is 3. The van der Waals surface area contributed by atoms with Gasteiger partial charge in [0.15, 0.2) is 0 Å². The van der Waals surface area contributed by atoms with Crippen molar-refractivity contribution < 1.29 is 112 Å². The second-order valence-electron chi connectivity index (χ2n) is 26.3. The van der Waals surface area contributed by atoms with Crippen LogP contribution in [0.4, 0.5) is 0 Å². The van der Waals surface area contributed by atoms with Crippen LogP contribution in [0.5, 0.6) is 0 Å². The summed E-state index contributed by atoms with van der Waals surface area (Å²) in [5, 5.41) is 87.6. The molecule has 22 N–H and O–H groups in total. The lowest BCUT2D eigenvalue weighted by atomic mass is 9.96. The smallest absolute Gasteiger partial charge is 0.326 e. The van der Waals surface area contributed by atoms with Crippen molar-refractivity contribution in [3.05, 3.63) is 0 Å². The molecule has 1 rings (SSSR count). The molecule has 0 aromatic rings. The predicted molar refractivity (Wildman–Crippen MR) is 366 cm³/mol. The van der Waals surface area contributed by atoms with Gasteiger partial charge in [0.25, 0.3) is 0 Å². The van der Waals surface area contributed by atoms with Crippen LogP contribution in [-0.4, -0.2) is 247 Å². The Balaban J connectivity index is 3.15. The lowest BCUT2D eigenvalue weighted by molar-refractivity contribution is -0.148. The number of carboxylic acids is 3. The topological polar surface area (TPSA) is 611 Å². The van der Waals surface area contributed by atoms with E-state index >= 15 is 0 Å². The number of nitrogens with one attached hydrogen (secondary N) is 12. The molecule has 0 aromatic carbocycles. The van der Waals surface area contributed by atoms with E-state index in [9.17, 15) is 107 Å². The van der Waals surface area contributed by atoms with Crippen molar-refractivity contribution in [2.75, 3.05) is 19.7 Å². The maximum Gasteiger partial charge on any atom is 0.326 e. The van der Waals surface area contributed by atoms with Crippen LogP contribution in [0.2, 0.25) is 0 Å². The molecule has 1 aliphatic rings. The van der Waals surface area contributed by atoms with Gasteiger partial charge in [0, 0.05) is 13.0 Å². The molecule has 1 heterocycles. The van der Waals surface area contributed by atoms with E-state index in [2.05, 4.69) is 65.4 Å². The van der Waals surface area contributed by atoms with Crippen molar-refractivity contribution in [3.63, 3.8) is 0 Å². The fraction of sp³-hybridized carbons (Fsp3) is 0.738. The summed E-state index contributed by atoms with van der Waals surface area (Å²) in [6.45, 7) is 13.7. The summed E-state index contributed by atoms with van der Waals surface area (Å²) in [6.07, 6.45) is 1.87. The van der Waals surface area contributed by atoms with Crippen LogP contribution >= 0.6 is 0 Å². The number of carbonyl (C=O) groups is 17. The molecule has 0 aromatic heterocycles. The average Bonchev–Trinajstić information content (AvgIpc) is 1.74. The zero-order valence-electron chi connectivity index (χ0n) is 60.4. The summed E-state index contributed by atoms with van der Waals surface area (Å²) in [4.78, 5) is 225. The van der Waals surface area contributed by atoms with Gasteiger partial charge >= 0.3 is 17.9 Å². The standard InChI is InChI=1S/C65H111N15O23/c1-11-13-14-15-16-17-18-24-47(85)71-40(27-32(3)4)59(96)79-52(38(10)83)64(101)80-26-21-23-45(80)61(98)78-51(37(9)82)63(100)70-36(8)54(91)73-41(28-46(67)84)57(94)69-34(6)53(90)68-35(7)55(92)76-44(31-81)60(97)72-39(22-19-20-25-66)56(93)77-50(33(5)12-2)62(99)74-42(29-48(86)87)58(95)75-43(65(102)103)30-49(88)89/h32-45,50-52,81-83H,11-31,66H2,1-10H3,(H2,67,84)(H,68,90)(H,69,94)(H,70,100)(H,71,85)(H,72,97)(H,73,91)(H,74,99)(H,75,95)(H,76,92)(H,77,93)(H,78,98)(H,79,96)(H,86,87)(H,88,89)(H,102,103)/t33-,34-,35-,36-,37+,38+,39-,40-,41-,42-,43-,44-,45-,50-,51-,52-/m0/s1. The number of aliphatic carboxylic acids is 3. The van der Waals surface area contributed by atoms with Crippen molar-refractivity contribution in [2.24, 2.45) is 23.3 Å². The van der Waals surface area contributed by atoms with Gasteiger partial charge in [0.05, 0.1) is 38.1 Å². The number of nitrogens with two attached hydrogens (primary N) is 2. The molecule has 38 heteroatoms. The molecule has 1 aliphatic heterocycles. The number of rotatable bonds is 50. The van der Waals surface area contributed by atoms with Crippen LogP contribution in [0.3, 0.4) is 0 Å². The lowest BCUT2D eigenvalue weighted by Gasteiger charge is -2.32. The Kier molecular flexibility index (Phi) is 42.1. The number of likely N-dealkylation sites (tertiary alicyclic amines) is 1. The van der Waals surface area contributed by atoms with Crippen molar-refractivity contribution in [1.29, 1.82) is 0 Å². The monoisotopic (exact) mass is 1470 g/mol. The van der Waals surface area contributed by atoms with Gasteiger partial charge in [-0.15, -0.1) is 0 Å². The minimum absolute atomic E-state index is 0.0150. The maximum absolute atomic E-state index is 14.1. The molecule has 1 saturated heterocycles. The highest BCUT2D eigenvalue weighted by Gasteiger charge is 2.43. The molecule has 16 atom stereocenters. The van der Waals surface area contributed by atoms with Crippen molar-refractivity contribution in [1.82, 2.24) is 68.7 Å². The number of primary amides is 1. The first-order valence-electron chi connectivity index (χ1n) is 34.8. The van der Waals surface area contributed by atoms with E-state index in [1.165, 1.54) is 13.8 Å². The predicted octanol–water partition coefficient (Wildman–Crippen LogP) is -5.12. The zero-order chi connectivity index (χ0) is 78.5. The first-order chi connectivity index (χ1) is 48.2. The summed E-state index contributed by atoms with van der Waals surface area (Å²) in [5.74, 6) is -20.2. The minimum atomic E-state index is -2.03. The summed E-state index contributed by atoms with van der Waals surface area (Å²) in [5.41, 5.74) is 11.0. The van der Waals surface area contributed by atoms with E-state index in [0.29, 0.717) is 12.8 Å². The van der Waals surface area contributed by atoms with Gasteiger partial charge in [-0.2, -0.15) is 0 Å². The third kappa shape index (κ3) is 33.7. The number of carbonyl (C=O) groups excluding carboxylic acids is 14. The second kappa shape index (κ2) is 47.2. The maximum atomic E-state index is 14.1. The van der Waals surface area contributed by atoms with E-state index in [1.54, 1.807) is 6.92 Å². The molecule has 1 fully saturated rings. The van der Waals surface area contributed by atoms with Gasteiger partial charge in [0.2, 0.25) is 82.7 Å². The minimum Gasteiger partial charge on any atom is -0.481 e. The molecule has 0 radical (unpaired) electrons. The van der Waals surface area contributed by atoms with Crippen LogP contribution < -0.4 is 75.3 Å². The van der Waals surface area contributed by atoms with Crippen LogP contribution in [0, 0.1) is 11.8 Å². The van der Waals surface area contributed by atoms with E-state index < -0.39 is 217 Å². The Labute approximate surface area is 598 Å². The Morgan fingerprint density at radius 1 is 0.456 bits per heavy atom. The lowest BCUT2D eigenvalue weighted by Crippen LogP contribution is -2.62. The van der Waals surface area contributed by atoms with Crippen LogP contribution in [-0.2, 0) is 81.5 Å². The van der Waals surface area contributed by atoms with E-state index in [0.717, 1.165) is 71.1 Å². The first kappa shape index (κ1) is 91.8. The molecule has 14 amide bonds. The molecular weight excluding hydrogens is 1360 g/mol. The SMILES string of the molecule is CCCCCCCCCC(=O)N[C@@H](CC(C)C)C(=O)N[C@H](C(=O)N1CCC[C@H]1C(=O)N[C@H](C(=O)N[C@@H](C)C(=O)N[C@@H](CC(N)=O)C(=O)N[C@@H](C)C(=O)N[C@@H](C)C(=O)N[C@@H](CO)C(=O)N[C@@H](CCCCN)C(=O)N[C@H](C(=O)N[C@@H](CC(=O)O)C(=O)N[C@@H](CC(=O)O)C(=O)O)[C@@H](C)CC)[C@@H](C)O)[C@@H](C)O. The summed E-state index contributed by atoms with van der Waals surface area (Å²) in [7, 11) is 0. The van der Waals surface area contributed by atoms with Gasteiger partial charge in [0.1, 0.15) is 78.5 Å². The Hall–Kier alpha value is -9.17. The van der Waals surface area contributed by atoms with Crippen LogP contribution in [0.25, 0.3) is 0 Å². The normalized spacial score (nSPS) is 17.0. The highest BCUT2D eigenvalue weighted by atomic mass is 16.4. The van der Waals surface area contributed by atoms with Crippen molar-refractivity contribution in [3.8, 4) is 0 Å². The van der Waals surface area contributed by atoms with Gasteiger partial charge < -0.3 is 111 Å². The van der Waals surface area contributed by atoms with E-state index in [1.807, 2.05) is 19.2 Å². The molecular formula is C65H111N15O23. The molecule has 0 unspecified atom stereocenters. The number of hydrogen-bond acceptors (Lipinski definition) is 21. The number of nitrogens with zero attached hydrogens (tertiary/aromatic N) is 1. The first-order valence-corrected chi connectivity index (χ1v) is 34.8. The molecule has 103 heavy (non-hydrogen) atoms. The number of aliphatic hydroxyl groups is 3. The van der Waals surface area contributed by atoms with Gasteiger partial charge in [-0.25, -0.2) is 4.79 Å². The fourth-order valence-electron chi connectivity index (χ4n) is 10.6. The number of amides is 14. The molecule has 0 saturated carbocycles. The van der Waals surface area contributed by atoms with Gasteiger partial charge in [-0.3, -0.25) is 76.7 Å². The van der Waals surface area contributed by atoms with Crippen LogP contribution in [0.1, 0.15) is 185 Å². The summed E-state index contributed by atoms with van der Waals surface area (Å²) >= 11 is 0. The molecule has 0 bridgehead atoms. The Morgan fingerprint density at radius 2 is 0.893 bits per heavy atom. The molecule has 0 spiro atoms. The number of carboxylic acid groups (broad SMARTS) is 3. The van der Waals surface area contributed by atoms with E-state index in [4.69, 9.17) is 16.6 Å². The highest BCUT2D eigenvalue weighted by molar-refractivity contribution is 6.01. The quantitative estimate of drug-likeness (QED) is 0.0253. The molecule has 584 valence electrons. The van der Waals surface area contributed by atoms with Gasteiger partial charge in [-0.05, 0) is 97.9 Å². The third-order valence-electron chi connectivity index (χ3n) is 16.8. The average molecular weight is 1470 g/mol. The Morgan fingerprint density at radius 3 is 1.41 bits per heavy atom. The molecule has 0 aliphatic carbocycles. The largest absolute Gasteiger partial charge is 0.481 e. The van der Waals surface area contributed by atoms with Crippen molar-refractivity contribution in [2.45, 2.75) is 276 Å². The Bertz CT molecular complexity index is 2920. The van der Waals surface area contributed by atoms with Crippen molar-refractivity contribution >= 4 is 101 Å². The number of unbranched alkanes of at least 4 members (excludes halogenated alkanes) is 7. The van der Waals surface area contributed by atoms with Crippen LogP contribution in [0.15, 0.2) is 0 Å². The fourth-order valence-corrected chi connectivity index (χ4v) is 10.6. The van der Waals surface area contributed by atoms with E-state index in [-0.39, 0.29) is 69.9 Å².